The van der Waals surface area contributed by atoms with Gasteiger partial charge in [-0.05, 0) is 32.4 Å². The fraction of sp³-hybridized carbons (Fsp3) is 0.500. The number of hydrogen-bond acceptors (Lipinski definition) is 5. The number of aromatic nitrogens is 1. The number of carboxylic acid groups (broad SMARTS) is 1. The van der Waals surface area contributed by atoms with E-state index in [1.807, 2.05) is 6.92 Å². The molecule has 1 unspecified atom stereocenters. The minimum atomic E-state index is -3.02. The Balaban J connectivity index is 2.27. The Kier molecular flexibility index (Phi) is 3.25. The van der Waals surface area contributed by atoms with Crippen molar-refractivity contribution in [1.82, 2.24) is 4.98 Å². The monoisotopic (exact) mass is 284 g/mol. The summed E-state index contributed by atoms with van der Waals surface area (Å²) >= 11 is 0. The summed E-state index contributed by atoms with van der Waals surface area (Å²) in [6.07, 6.45) is 0.493. The van der Waals surface area contributed by atoms with Gasteiger partial charge in [0.25, 0.3) is 0 Å². The Labute approximate surface area is 111 Å². The lowest BCUT2D eigenvalue weighted by atomic mass is 10.0. The predicted molar refractivity (Wildman–Crippen MR) is 71.2 cm³/mol. The van der Waals surface area contributed by atoms with Crippen LogP contribution < -0.4 is 5.32 Å². The molecule has 2 heterocycles. The quantitative estimate of drug-likeness (QED) is 0.862. The summed E-state index contributed by atoms with van der Waals surface area (Å²) < 4.78 is 23.0. The molecule has 0 aliphatic carbocycles. The number of hydrogen-bond donors (Lipinski definition) is 2. The van der Waals surface area contributed by atoms with Gasteiger partial charge in [-0.1, -0.05) is 0 Å². The molecule has 1 atom stereocenters. The molecule has 0 spiro atoms. The summed E-state index contributed by atoms with van der Waals surface area (Å²) in [6, 6.07) is 2.90. The molecule has 1 saturated heterocycles. The third-order valence-electron chi connectivity index (χ3n) is 3.13. The second-order valence-electron chi connectivity index (χ2n) is 5.22. The van der Waals surface area contributed by atoms with E-state index in [1.54, 1.807) is 6.92 Å². The van der Waals surface area contributed by atoms with Crippen LogP contribution in [0.5, 0.6) is 0 Å². The van der Waals surface area contributed by atoms with Gasteiger partial charge in [-0.3, -0.25) is 0 Å². The highest BCUT2D eigenvalue weighted by atomic mass is 32.2. The molecule has 0 amide bonds. The Morgan fingerprint density at radius 2 is 2.16 bits per heavy atom. The fourth-order valence-electron chi connectivity index (χ4n) is 2.27. The summed E-state index contributed by atoms with van der Waals surface area (Å²) in [6.45, 7) is 3.51. The Bertz CT molecular complexity index is 627. The van der Waals surface area contributed by atoms with E-state index in [1.165, 1.54) is 12.1 Å². The van der Waals surface area contributed by atoms with Crippen molar-refractivity contribution in [2.75, 3.05) is 16.8 Å². The highest BCUT2D eigenvalue weighted by Gasteiger charge is 2.38. The standard InChI is InChI=1S/C12H16N2O4S/c1-8-5-9(11(15)16)6-10(13-8)14-12(2)3-4-19(17,18)7-12/h5-6H,3-4,7H2,1-2H3,(H,13,14)(H,15,16). The third-order valence-corrected chi connectivity index (χ3v) is 5.04. The number of anilines is 1. The summed E-state index contributed by atoms with van der Waals surface area (Å²) in [5.41, 5.74) is 0.126. The van der Waals surface area contributed by atoms with E-state index in [9.17, 15) is 13.2 Å². The number of nitrogens with zero attached hydrogens (tertiary/aromatic N) is 1. The van der Waals surface area contributed by atoms with Crippen molar-refractivity contribution < 1.29 is 18.3 Å². The first-order valence-corrected chi connectivity index (χ1v) is 7.72. The van der Waals surface area contributed by atoms with Gasteiger partial charge in [-0.25, -0.2) is 18.2 Å². The first kappa shape index (κ1) is 13.8. The van der Waals surface area contributed by atoms with Crippen LogP contribution in [0.15, 0.2) is 12.1 Å². The molecule has 2 N–H and O–H groups in total. The number of aryl methyl sites for hydroxylation is 1. The maximum absolute atomic E-state index is 11.5. The van der Waals surface area contributed by atoms with Gasteiger partial charge in [0.05, 0.1) is 22.6 Å². The number of carbonyl (C=O) groups is 1. The molecule has 6 nitrogen and oxygen atoms in total. The van der Waals surface area contributed by atoms with Crippen LogP contribution >= 0.6 is 0 Å². The highest BCUT2D eigenvalue weighted by molar-refractivity contribution is 7.91. The van der Waals surface area contributed by atoms with Crippen molar-refractivity contribution in [1.29, 1.82) is 0 Å². The summed E-state index contributed by atoms with van der Waals surface area (Å²) in [5, 5.41) is 12.0. The van der Waals surface area contributed by atoms with E-state index in [2.05, 4.69) is 10.3 Å². The third kappa shape index (κ3) is 3.23. The molecule has 19 heavy (non-hydrogen) atoms. The van der Waals surface area contributed by atoms with Crippen molar-refractivity contribution in [3.63, 3.8) is 0 Å². The second-order valence-corrected chi connectivity index (χ2v) is 7.40. The van der Waals surface area contributed by atoms with Gasteiger partial charge in [0, 0.05) is 5.69 Å². The molecule has 2 rings (SSSR count). The summed E-state index contributed by atoms with van der Waals surface area (Å²) in [5.74, 6) is -0.443. The SMILES string of the molecule is Cc1cc(C(=O)O)cc(NC2(C)CCS(=O)(=O)C2)n1. The summed E-state index contributed by atoms with van der Waals surface area (Å²) in [4.78, 5) is 15.2. The Hall–Kier alpha value is -1.63. The minimum absolute atomic E-state index is 0.0397. The predicted octanol–water partition coefficient (Wildman–Crippen LogP) is 1.08. The molecule has 0 saturated carbocycles. The van der Waals surface area contributed by atoms with Gasteiger partial charge < -0.3 is 10.4 Å². The molecule has 0 bridgehead atoms. The topological polar surface area (TPSA) is 96.4 Å². The zero-order valence-corrected chi connectivity index (χ0v) is 11.6. The molecular weight excluding hydrogens is 268 g/mol. The Morgan fingerprint density at radius 3 is 2.68 bits per heavy atom. The van der Waals surface area contributed by atoms with Crippen LogP contribution in [0.2, 0.25) is 0 Å². The number of nitrogens with one attached hydrogen (secondary N) is 1. The maximum atomic E-state index is 11.5. The molecule has 1 aromatic rings. The Morgan fingerprint density at radius 1 is 1.47 bits per heavy atom. The van der Waals surface area contributed by atoms with E-state index in [-0.39, 0.29) is 17.1 Å². The van der Waals surface area contributed by atoms with E-state index < -0.39 is 21.3 Å². The van der Waals surface area contributed by atoms with Crippen LogP contribution in [0.1, 0.15) is 29.4 Å². The number of aromatic carboxylic acids is 1. The highest BCUT2D eigenvalue weighted by Crippen LogP contribution is 2.27. The normalized spacial score (nSPS) is 25.2. The lowest BCUT2D eigenvalue weighted by Gasteiger charge is -2.24. The number of sulfone groups is 1. The second kappa shape index (κ2) is 4.48. The van der Waals surface area contributed by atoms with Gasteiger partial charge in [-0.2, -0.15) is 0 Å². The zero-order valence-electron chi connectivity index (χ0n) is 10.8. The van der Waals surface area contributed by atoms with Crippen LogP contribution in [-0.4, -0.2) is 41.5 Å². The lowest BCUT2D eigenvalue weighted by molar-refractivity contribution is 0.0696. The molecule has 1 aliphatic rings. The molecule has 104 valence electrons. The lowest BCUT2D eigenvalue weighted by Crippen LogP contribution is -2.36. The van der Waals surface area contributed by atoms with Crippen LogP contribution in [0.3, 0.4) is 0 Å². The average Bonchev–Trinajstić information content (AvgIpc) is 2.51. The van der Waals surface area contributed by atoms with Gasteiger partial charge >= 0.3 is 5.97 Å². The zero-order chi connectivity index (χ0) is 14.3. The molecule has 1 fully saturated rings. The van der Waals surface area contributed by atoms with Gasteiger partial charge in [0.2, 0.25) is 0 Å². The van der Waals surface area contributed by atoms with Crippen molar-refractivity contribution in [2.45, 2.75) is 25.8 Å². The van der Waals surface area contributed by atoms with Crippen molar-refractivity contribution in [3.05, 3.63) is 23.4 Å². The van der Waals surface area contributed by atoms with E-state index in [4.69, 9.17) is 5.11 Å². The first-order chi connectivity index (χ1) is 8.69. The minimum Gasteiger partial charge on any atom is -0.478 e. The molecule has 0 aromatic carbocycles. The summed E-state index contributed by atoms with van der Waals surface area (Å²) in [7, 11) is -3.02. The maximum Gasteiger partial charge on any atom is 0.335 e. The van der Waals surface area contributed by atoms with E-state index in [0.29, 0.717) is 17.9 Å². The molecule has 7 heteroatoms. The van der Waals surface area contributed by atoms with E-state index in [0.717, 1.165) is 0 Å². The molecule has 0 radical (unpaired) electrons. The van der Waals surface area contributed by atoms with Crippen LogP contribution in [0.4, 0.5) is 5.82 Å². The largest absolute Gasteiger partial charge is 0.478 e. The van der Waals surface area contributed by atoms with Crippen molar-refractivity contribution in [2.24, 2.45) is 0 Å². The van der Waals surface area contributed by atoms with Gasteiger partial charge in [0.15, 0.2) is 9.84 Å². The first-order valence-electron chi connectivity index (χ1n) is 5.90. The average molecular weight is 284 g/mol. The van der Waals surface area contributed by atoms with Crippen LogP contribution in [0.25, 0.3) is 0 Å². The number of rotatable bonds is 3. The van der Waals surface area contributed by atoms with Crippen LogP contribution in [-0.2, 0) is 9.84 Å². The van der Waals surface area contributed by atoms with Crippen molar-refractivity contribution in [3.8, 4) is 0 Å². The molecule has 1 aromatic heterocycles. The van der Waals surface area contributed by atoms with Gasteiger partial charge in [0.1, 0.15) is 5.82 Å². The number of pyridine rings is 1. The molecular formula is C12H16N2O4S. The fourth-order valence-corrected chi connectivity index (χ4v) is 4.37. The number of carboxylic acids is 1. The van der Waals surface area contributed by atoms with E-state index >= 15 is 0 Å². The van der Waals surface area contributed by atoms with Crippen LogP contribution in [0, 0.1) is 6.92 Å². The molecule has 1 aliphatic heterocycles. The van der Waals surface area contributed by atoms with Crippen molar-refractivity contribution >= 4 is 21.6 Å². The smallest absolute Gasteiger partial charge is 0.335 e. The van der Waals surface area contributed by atoms with Gasteiger partial charge in [-0.15, -0.1) is 0 Å².